The van der Waals surface area contributed by atoms with E-state index in [2.05, 4.69) is 20.8 Å². The zero-order valence-electron chi connectivity index (χ0n) is 14.2. The Balaban J connectivity index is 2.06. The minimum absolute atomic E-state index is 0.193. The summed E-state index contributed by atoms with van der Waals surface area (Å²) in [5, 5.41) is 0. The molecule has 0 aliphatic heterocycles. The molecule has 0 aromatic heterocycles. The van der Waals surface area contributed by atoms with Crippen LogP contribution in [0.25, 0.3) is 6.08 Å². The van der Waals surface area contributed by atoms with Crippen LogP contribution in [0.5, 0.6) is 5.75 Å². The van der Waals surface area contributed by atoms with Crippen LogP contribution < -0.4 is 4.74 Å². The van der Waals surface area contributed by atoms with Gasteiger partial charge in [-0.05, 0) is 54.4 Å². The molecule has 1 aromatic carbocycles. The van der Waals surface area contributed by atoms with Gasteiger partial charge >= 0.3 is 0 Å². The van der Waals surface area contributed by atoms with E-state index >= 15 is 0 Å². The zero-order valence-corrected chi connectivity index (χ0v) is 14.2. The Kier molecular flexibility index (Phi) is 5.82. The predicted octanol–water partition coefficient (Wildman–Crippen LogP) is 4.99. The fraction of sp³-hybridized carbons (Fsp3) is 0.550. The Morgan fingerprint density at radius 3 is 2.50 bits per heavy atom. The van der Waals surface area contributed by atoms with E-state index in [0.29, 0.717) is 23.5 Å². The van der Waals surface area contributed by atoms with Crippen molar-refractivity contribution in [1.82, 2.24) is 0 Å². The molecular weight excluding hydrogens is 272 g/mol. The number of rotatable bonds is 5. The largest absolute Gasteiger partial charge is 0.497 e. The van der Waals surface area contributed by atoms with Crippen molar-refractivity contribution < 1.29 is 9.53 Å². The summed E-state index contributed by atoms with van der Waals surface area (Å²) in [5.41, 5.74) is 1.04. The number of hydrogen-bond acceptors (Lipinski definition) is 2. The Morgan fingerprint density at radius 2 is 1.91 bits per heavy atom. The molecule has 0 amide bonds. The Hall–Kier alpha value is -1.57. The van der Waals surface area contributed by atoms with Gasteiger partial charge in [0.15, 0.2) is 5.78 Å². The van der Waals surface area contributed by atoms with Gasteiger partial charge in [-0.25, -0.2) is 0 Å². The second kappa shape index (κ2) is 7.62. The molecule has 2 rings (SSSR count). The van der Waals surface area contributed by atoms with Crippen molar-refractivity contribution in [3.05, 3.63) is 35.9 Å². The molecule has 0 saturated heterocycles. The van der Waals surface area contributed by atoms with Gasteiger partial charge in [-0.1, -0.05) is 45.4 Å². The summed E-state index contributed by atoms with van der Waals surface area (Å²) in [5.74, 6) is 3.10. The van der Waals surface area contributed by atoms with E-state index in [0.717, 1.165) is 17.7 Å². The lowest BCUT2D eigenvalue weighted by Crippen LogP contribution is -2.32. The first kappa shape index (κ1) is 16.8. The average molecular weight is 300 g/mol. The number of ketones is 1. The molecule has 0 N–H and O–H groups in total. The van der Waals surface area contributed by atoms with E-state index in [-0.39, 0.29) is 5.92 Å². The lowest BCUT2D eigenvalue weighted by Gasteiger charge is -2.35. The summed E-state index contributed by atoms with van der Waals surface area (Å²) in [6, 6.07) is 7.80. The molecule has 22 heavy (non-hydrogen) atoms. The molecule has 0 spiro atoms. The molecule has 1 saturated carbocycles. The third kappa shape index (κ3) is 4.22. The van der Waals surface area contributed by atoms with E-state index in [1.165, 1.54) is 12.8 Å². The van der Waals surface area contributed by atoms with Crippen molar-refractivity contribution >= 4 is 11.9 Å². The van der Waals surface area contributed by atoms with E-state index in [1.54, 1.807) is 13.2 Å². The first-order valence-electron chi connectivity index (χ1n) is 8.37. The van der Waals surface area contributed by atoms with E-state index in [9.17, 15) is 4.79 Å². The van der Waals surface area contributed by atoms with Gasteiger partial charge in [0.05, 0.1) is 7.11 Å². The molecule has 2 nitrogen and oxygen atoms in total. The van der Waals surface area contributed by atoms with Crippen molar-refractivity contribution in [2.45, 2.75) is 40.0 Å². The number of benzene rings is 1. The quantitative estimate of drug-likeness (QED) is 0.716. The van der Waals surface area contributed by atoms with Crippen LogP contribution in [-0.4, -0.2) is 12.9 Å². The summed E-state index contributed by atoms with van der Waals surface area (Å²) < 4.78 is 5.15. The Morgan fingerprint density at radius 1 is 1.23 bits per heavy atom. The van der Waals surface area contributed by atoms with Crippen LogP contribution in [0.1, 0.15) is 45.6 Å². The number of carbonyl (C=O) groups is 1. The molecular formula is C20H28O2. The summed E-state index contributed by atoms with van der Waals surface area (Å²) >= 11 is 0. The molecule has 3 atom stereocenters. The normalized spacial score (nSPS) is 25.6. The number of hydrogen-bond donors (Lipinski definition) is 0. The van der Waals surface area contributed by atoms with Crippen molar-refractivity contribution in [3.63, 3.8) is 0 Å². The second-order valence-electron chi connectivity index (χ2n) is 6.94. The predicted molar refractivity (Wildman–Crippen MR) is 91.9 cm³/mol. The smallest absolute Gasteiger partial charge is 0.159 e. The third-order valence-corrected chi connectivity index (χ3v) is 4.94. The number of methoxy groups -OCH3 is 1. The lowest BCUT2D eigenvalue weighted by atomic mass is 9.68. The van der Waals surface area contributed by atoms with Crippen LogP contribution >= 0.6 is 0 Å². The third-order valence-electron chi connectivity index (χ3n) is 4.94. The van der Waals surface area contributed by atoms with Crippen LogP contribution in [0.3, 0.4) is 0 Å². The van der Waals surface area contributed by atoms with Crippen molar-refractivity contribution in [2.75, 3.05) is 7.11 Å². The standard InChI is InChI=1S/C20H28O2/c1-14(2)18-11-5-15(3)13-19(18)20(21)12-8-16-6-9-17(22-4)10-7-16/h6-10,12,14-15,18-19H,5,11,13H2,1-4H3/t15-,18+,19-/m1/s1. The maximum Gasteiger partial charge on any atom is 0.159 e. The van der Waals surface area contributed by atoms with Crippen molar-refractivity contribution in [3.8, 4) is 5.75 Å². The molecule has 0 radical (unpaired) electrons. The highest BCUT2D eigenvalue weighted by Crippen LogP contribution is 2.38. The van der Waals surface area contributed by atoms with E-state index in [1.807, 2.05) is 30.3 Å². The maximum absolute atomic E-state index is 12.6. The molecule has 0 bridgehead atoms. The first-order valence-corrected chi connectivity index (χ1v) is 8.37. The maximum atomic E-state index is 12.6. The van der Waals surface area contributed by atoms with Gasteiger partial charge in [-0.15, -0.1) is 0 Å². The highest BCUT2D eigenvalue weighted by molar-refractivity contribution is 5.95. The minimum atomic E-state index is 0.193. The number of allylic oxidation sites excluding steroid dienone is 1. The van der Waals surface area contributed by atoms with Crippen LogP contribution in [0.4, 0.5) is 0 Å². The highest BCUT2D eigenvalue weighted by atomic mass is 16.5. The molecule has 1 aliphatic carbocycles. The van der Waals surface area contributed by atoms with Gasteiger partial charge in [0, 0.05) is 5.92 Å². The SMILES string of the molecule is COc1ccc(C=CC(=O)[C@@H]2C[C@H](C)CC[C@H]2C(C)C)cc1. The van der Waals surface area contributed by atoms with Gasteiger partial charge in [0.2, 0.25) is 0 Å². The number of ether oxygens (including phenoxy) is 1. The summed E-state index contributed by atoms with van der Waals surface area (Å²) in [7, 11) is 1.66. The van der Waals surface area contributed by atoms with Crippen LogP contribution in [0.2, 0.25) is 0 Å². The Bertz CT molecular complexity index is 513. The number of carbonyl (C=O) groups excluding carboxylic acids is 1. The van der Waals surface area contributed by atoms with Crippen LogP contribution in [0, 0.1) is 23.7 Å². The van der Waals surface area contributed by atoms with Crippen LogP contribution in [-0.2, 0) is 4.79 Å². The summed E-state index contributed by atoms with van der Waals surface area (Å²) in [6.07, 6.45) is 7.19. The van der Waals surface area contributed by atoms with Crippen LogP contribution in [0.15, 0.2) is 30.3 Å². The summed E-state index contributed by atoms with van der Waals surface area (Å²) in [6.45, 7) is 6.76. The second-order valence-corrected chi connectivity index (χ2v) is 6.94. The average Bonchev–Trinajstić information content (AvgIpc) is 2.52. The van der Waals surface area contributed by atoms with Gasteiger partial charge in [0.1, 0.15) is 5.75 Å². The van der Waals surface area contributed by atoms with E-state index < -0.39 is 0 Å². The minimum Gasteiger partial charge on any atom is -0.497 e. The molecule has 0 unspecified atom stereocenters. The molecule has 1 aliphatic rings. The lowest BCUT2D eigenvalue weighted by molar-refractivity contribution is -0.122. The highest BCUT2D eigenvalue weighted by Gasteiger charge is 2.34. The molecule has 120 valence electrons. The topological polar surface area (TPSA) is 26.3 Å². The van der Waals surface area contributed by atoms with Crippen molar-refractivity contribution in [2.24, 2.45) is 23.7 Å². The fourth-order valence-electron chi connectivity index (χ4n) is 3.55. The molecule has 2 heteroatoms. The molecule has 1 aromatic rings. The summed E-state index contributed by atoms with van der Waals surface area (Å²) in [4.78, 5) is 12.6. The van der Waals surface area contributed by atoms with Gasteiger partial charge in [-0.2, -0.15) is 0 Å². The molecule has 0 heterocycles. The first-order chi connectivity index (χ1) is 10.5. The van der Waals surface area contributed by atoms with Gasteiger partial charge in [0.25, 0.3) is 0 Å². The monoisotopic (exact) mass is 300 g/mol. The van der Waals surface area contributed by atoms with Gasteiger partial charge < -0.3 is 4.74 Å². The zero-order chi connectivity index (χ0) is 16.1. The fourth-order valence-corrected chi connectivity index (χ4v) is 3.55. The van der Waals surface area contributed by atoms with Crippen molar-refractivity contribution in [1.29, 1.82) is 0 Å². The van der Waals surface area contributed by atoms with Gasteiger partial charge in [-0.3, -0.25) is 4.79 Å². The Labute approximate surface area is 134 Å². The molecule has 1 fully saturated rings. The van der Waals surface area contributed by atoms with E-state index in [4.69, 9.17) is 4.74 Å².